The molecular weight excluding hydrogens is 258 g/mol. The van der Waals surface area contributed by atoms with Crippen molar-refractivity contribution in [3.8, 4) is 11.5 Å². The Morgan fingerprint density at radius 2 is 2.10 bits per heavy atom. The third-order valence-electron chi connectivity index (χ3n) is 3.09. The average molecular weight is 273 g/mol. The van der Waals surface area contributed by atoms with Gasteiger partial charge in [0.15, 0.2) is 11.5 Å². The fourth-order valence-electron chi connectivity index (χ4n) is 2.06. The van der Waals surface area contributed by atoms with E-state index < -0.39 is 0 Å². The van der Waals surface area contributed by atoms with Gasteiger partial charge in [-0.3, -0.25) is 0 Å². The smallest absolute Gasteiger partial charge is 0.205 e. The van der Waals surface area contributed by atoms with Crippen molar-refractivity contribution in [3.63, 3.8) is 0 Å². The molecule has 20 heavy (non-hydrogen) atoms. The van der Waals surface area contributed by atoms with Gasteiger partial charge in [-0.1, -0.05) is 25.9 Å². The van der Waals surface area contributed by atoms with Crippen LogP contribution in [0.4, 0.5) is 0 Å². The van der Waals surface area contributed by atoms with E-state index in [2.05, 4.69) is 41.2 Å². The second kappa shape index (κ2) is 4.38. The SMILES string of the molecule is CC(C)(C)c1cnn2c(-c3cc(CO)on3)nncc12. The van der Waals surface area contributed by atoms with E-state index >= 15 is 0 Å². The third kappa shape index (κ3) is 1.96. The number of nitrogens with zero attached hydrogens (tertiary/aromatic N) is 5. The van der Waals surface area contributed by atoms with Gasteiger partial charge in [-0.15, -0.1) is 5.10 Å². The van der Waals surface area contributed by atoms with E-state index in [1.54, 1.807) is 16.8 Å². The van der Waals surface area contributed by atoms with Crippen LogP contribution in [0.3, 0.4) is 0 Å². The molecule has 0 spiro atoms. The fraction of sp³-hybridized carbons (Fsp3) is 0.385. The molecule has 0 saturated heterocycles. The van der Waals surface area contributed by atoms with Crippen LogP contribution in [0.15, 0.2) is 23.0 Å². The molecule has 3 rings (SSSR count). The summed E-state index contributed by atoms with van der Waals surface area (Å²) in [5.74, 6) is 0.864. The number of hydrogen-bond donors (Lipinski definition) is 1. The van der Waals surface area contributed by atoms with Crippen LogP contribution in [0, 0.1) is 0 Å². The van der Waals surface area contributed by atoms with Gasteiger partial charge in [0.25, 0.3) is 0 Å². The summed E-state index contributed by atoms with van der Waals surface area (Å²) in [5.41, 5.74) is 2.42. The van der Waals surface area contributed by atoms with Gasteiger partial charge in [-0.25, -0.2) is 4.52 Å². The molecule has 0 aliphatic carbocycles. The van der Waals surface area contributed by atoms with Gasteiger partial charge >= 0.3 is 0 Å². The topological polar surface area (TPSA) is 89.3 Å². The van der Waals surface area contributed by atoms with Crippen molar-refractivity contribution in [3.05, 3.63) is 29.8 Å². The molecule has 7 heteroatoms. The van der Waals surface area contributed by atoms with Gasteiger partial charge in [0.1, 0.15) is 6.61 Å². The number of aliphatic hydroxyl groups is 1. The Balaban J connectivity index is 2.20. The van der Waals surface area contributed by atoms with Crippen LogP contribution < -0.4 is 0 Å². The number of aromatic nitrogens is 5. The molecule has 7 nitrogen and oxygen atoms in total. The first kappa shape index (κ1) is 12.7. The summed E-state index contributed by atoms with van der Waals surface area (Å²) < 4.78 is 6.67. The van der Waals surface area contributed by atoms with Gasteiger partial charge in [0, 0.05) is 11.6 Å². The van der Waals surface area contributed by atoms with E-state index in [-0.39, 0.29) is 12.0 Å². The lowest BCUT2D eigenvalue weighted by Crippen LogP contribution is -2.11. The van der Waals surface area contributed by atoms with E-state index in [0.29, 0.717) is 17.3 Å². The zero-order valence-electron chi connectivity index (χ0n) is 11.5. The van der Waals surface area contributed by atoms with Gasteiger partial charge in [-0.05, 0) is 5.41 Å². The zero-order chi connectivity index (χ0) is 14.3. The van der Waals surface area contributed by atoms with Gasteiger partial charge in [0.05, 0.1) is 17.9 Å². The molecule has 3 aromatic heterocycles. The molecule has 0 radical (unpaired) electrons. The summed E-state index contributed by atoms with van der Waals surface area (Å²) in [6.45, 7) is 6.14. The van der Waals surface area contributed by atoms with Crippen molar-refractivity contribution in [1.82, 2.24) is 25.0 Å². The van der Waals surface area contributed by atoms with Crippen LogP contribution >= 0.6 is 0 Å². The Bertz CT molecular complexity index is 754. The van der Waals surface area contributed by atoms with Crippen molar-refractivity contribution >= 4 is 5.52 Å². The summed E-state index contributed by atoms with van der Waals surface area (Å²) in [6, 6.07) is 1.63. The minimum absolute atomic E-state index is 0.0395. The summed E-state index contributed by atoms with van der Waals surface area (Å²) in [7, 11) is 0. The largest absolute Gasteiger partial charge is 0.388 e. The Morgan fingerprint density at radius 1 is 1.30 bits per heavy atom. The number of hydrogen-bond acceptors (Lipinski definition) is 6. The molecule has 1 N–H and O–H groups in total. The zero-order valence-corrected chi connectivity index (χ0v) is 11.5. The maximum absolute atomic E-state index is 9.03. The first-order valence-electron chi connectivity index (χ1n) is 6.27. The predicted molar refractivity (Wildman–Crippen MR) is 70.9 cm³/mol. The van der Waals surface area contributed by atoms with Crippen molar-refractivity contribution in [2.45, 2.75) is 32.8 Å². The Kier molecular flexibility index (Phi) is 2.79. The predicted octanol–water partition coefficient (Wildman–Crippen LogP) is 1.57. The summed E-state index contributed by atoms with van der Waals surface area (Å²) in [6.07, 6.45) is 3.50. The van der Waals surface area contributed by atoms with Crippen LogP contribution in [-0.2, 0) is 12.0 Å². The van der Waals surface area contributed by atoms with Crippen LogP contribution in [0.1, 0.15) is 32.1 Å². The molecular formula is C13H15N5O2. The first-order valence-corrected chi connectivity index (χ1v) is 6.27. The highest BCUT2D eigenvalue weighted by Gasteiger charge is 2.21. The first-order chi connectivity index (χ1) is 9.50. The van der Waals surface area contributed by atoms with Gasteiger partial charge in [-0.2, -0.15) is 10.2 Å². The normalized spacial score (nSPS) is 12.2. The fourth-order valence-corrected chi connectivity index (χ4v) is 2.06. The molecule has 3 aromatic rings. The van der Waals surface area contributed by atoms with Crippen molar-refractivity contribution in [2.24, 2.45) is 0 Å². The van der Waals surface area contributed by atoms with Crippen LogP contribution in [0.25, 0.3) is 17.0 Å². The number of fused-ring (bicyclic) bond motifs is 1. The van der Waals surface area contributed by atoms with Crippen LogP contribution in [-0.4, -0.2) is 30.1 Å². The molecule has 0 fully saturated rings. The molecule has 0 aliphatic heterocycles. The Hall–Kier alpha value is -2.28. The Labute approximate surface area is 115 Å². The second-order valence-electron chi connectivity index (χ2n) is 5.61. The van der Waals surface area contributed by atoms with Gasteiger partial charge < -0.3 is 9.63 Å². The summed E-state index contributed by atoms with van der Waals surface area (Å²) >= 11 is 0. The van der Waals surface area contributed by atoms with Crippen molar-refractivity contribution in [2.75, 3.05) is 0 Å². The molecule has 0 amide bonds. The molecule has 0 aromatic carbocycles. The minimum Gasteiger partial charge on any atom is -0.388 e. The molecule has 3 heterocycles. The van der Waals surface area contributed by atoms with E-state index in [4.69, 9.17) is 9.63 Å². The van der Waals surface area contributed by atoms with Gasteiger partial charge in [0.2, 0.25) is 5.82 Å². The maximum Gasteiger partial charge on any atom is 0.205 e. The van der Waals surface area contributed by atoms with Crippen molar-refractivity contribution < 1.29 is 9.63 Å². The molecule has 0 bridgehead atoms. The average Bonchev–Trinajstić information content (AvgIpc) is 3.04. The molecule has 0 aliphatic rings. The Morgan fingerprint density at radius 3 is 2.75 bits per heavy atom. The van der Waals surface area contributed by atoms with Crippen LogP contribution in [0.2, 0.25) is 0 Å². The molecule has 104 valence electrons. The highest BCUT2D eigenvalue weighted by Crippen LogP contribution is 2.27. The monoisotopic (exact) mass is 273 g/mol. The highest BCUT2D eigenvalue weighted by molar-refractivity contribution is 5.60. The summed E-state index contributed by atoms with van der Waals surface area (Å²) in [5, 5.41) is 25.4. The maximum atomic E-state index is 9.03. The van der Waals surface area contributed by atoms with E-state index in [1.807, 2.05) is 6.20 Å². The van der Waals surface area contributed by atoms with E-state index in [0.717, 1.165) is 11.1 Å². The lowest BCUT2D eigenvalue weighted by atomic mass is 9.88. The lowest BCUT2D eigenvalue weighted by Gasteiger charge is -2.16. The highest BCUT2D eigenvalue weighted by atomic mass is 16.5. The number of aliphatic hydroxyl groups excluding tert-OH is 1. The lowest BCUT2D eigenvalue weighted by molar-refractivity contribution is 0.229. The minimum atomic E-state index is -0.206. The van der Waals surface area contributed by atoms with Crippen molar-refractivity contribution in [1.29, 1.82) is 0 Å². The van der Waals surface area contributed by atoms with E-state index in [1.165, 1.54) is 0 Å². The second-order valence-corrected chi connectivity index (χ2v) is 5.61. The molecule has 0 saturated carbocycles. The quantitative estimate of drug-likeness (QED) is 0.762. The van der Waals surface area contributed by atoms with E-state index in [9.17, 15) is 0 Å². The molecule has 0 atom stereocenters. The molecule has 0 unspecified atom stereocenters. The van der Waals surface area contributed by atoms with Crippen LogP contribution in [0.5, 0.6) is 0 Å². The summed E-state index contributed by atoms with van der Waals surface area (Å²) in [4.78, 5) is 0. The standard InChI is InChI=1S/C13H15N5O2/c1-13(2,3)9-5-15-18-11(9)6-14-16-12(18)10-4-8(7-19)20-17-10/h4-6,19H,7H2,1-3H3. The number of rotatable bonds is 2. The third-order valence-corrected chi connectivity index (χ3v) is 3.09.